The topological polar surface area (TPSA) is 457 Å². The van der Waals surface area contributed by atoms with Crippen molar-refractivity contribution in [2.75, 3.05) is 34.0 Å². The minimum absolute atomic E-state index is 0.902. The third-order valence-corrected chi connectivity index (χ3v) is 11.6. The van der Waals surface area contributed by atoms with E-state index in [0.717, 1.165) is 35.0 Å². The number of ether oxygens (including phenoxy) is 14. The molecule has 0 unspecified atom stereocenters. The lowest BCUT2D eigenvalue weighted by atomic mass is 9.95. The Morgan fingerprint density at radius 3 is 1.23 bits per heavy atom. The molecule has 0 aromatic rings. The monoisotopic (exact) mass is 1010 g/mol. The molecule has 5 aliphatic rings. The van der Waals surface area contributed by atoms with Crippen LogP contribution in [-0.4, -0.2) is 279 Å². The lowest BCUT2D eigenvalue weighted by molar-refractivity contribution is -0.389. The van der Waals surface area contributed by atoms with Crippen LogP contribution in [0.4, 0.5) is 0 Å². The first-order chi connectivity index (χ1) is 32.5. The molecule has 0 bridgehead atoms. The van der Waals surface area contributed by atoms with Crippen molar-refractivity contribution in [2.24, 2.45) is 0 Å². The fourth-order valence-electron chi connectivity index (χ4n) is 8.41. The highest BCUT2D eigenvalue weighted by atomic mass is 16.8. The molecule has 5 fully saturated rings. The van der Waals surface area contributed by atoms with E-state index in [9.17, 15) is 85.3 Å². The highest BCUT2D eigenvalue weighted by Crippen LogP contribution is 2.38. The Labute approximate surface area is 389 Å². The quantitative estimate of drug-likeness (QED) is 0.0448. The van der Waals surface area contributed by atoms with E-state index in [1.165, 1.54) is 0 Å². The second-order valence-electron chi connectivity index (χ2n) is 16.2. The van der Waals surface area contributed by atoms with Gasteiger partial charge in [0, 0.05) is 35.0 Å². The molecule has 0 saturated carbocycles. The summed E-state index contributed by atoms with van der Waals surface area (Å²) in [6, 6.07) is 0. The first-order valence-electron chi connectivity index (χ1n) is 21.0. The number of aliphatic hydroxyl groups is 10. The Morgan fingerprint density at radius 2 is 0.754 bits per heavy atom. The summed E-state index contributed by atoms with van der Waals surface area (Å²) in [5.41, 5.74) is 0. The molecule has 5 rings (SSSR count). The van der Waals surface area contributed by atoms with Gasteiger partial charge in [0.1, 0.15) is 91.6 Å². The zero-order chi connectivity index (χ0) is 51.3. The third kappa shape index (κ3) is 12.4. The predicted molar refractivity (Wildman–Crippen MR) is 206 cm³/mol. The van der Waals surface area contributed by atoms with Crippen LogP contribution in [0.3, 0.4) is 0 Å². The second-order valence-corrected chi connectivity index (χ2v) is 16.2. The van der Waals surface area contributed by atoms with Crippen LogP contribution in [0.15, 0.2) is 0 Å². The molecular formula is C38H58O31. The molecule has 0 amide bonds. The van der Waals surface area contributed by atoms with Crippen LogP contribution in [0.2, 0.25) is 0 Å². The molecule has 5 heterocycles. The van der Waals surface area contributed by atoms with Crippen molar-refractivity contribution in [2.45, 2.75) is 174 Å². The smallest absolute Gasteiger partial charge is 0.335 e. The van der Waals surface area contributed by atoms with E-state index in [4.69, 9.17) is 66.3 Å². The van der Waals surface area contributed by atoms with Gasteiger partial charge in [-0.1, -0.05) is 0 Å². The van der Waals surface area contributed by atoms with Gasteiger partial charge in [0.15, 0.2) is 62.0 Å². The Hall–Kier alpha value is -3.49. The van der Waals surface area contributed by atoms with Crippen LogP contribution >= 0.6 is 0 Å². The molecule has 5 aliphatic heterocycles. The Kier molecular flexibility index (Phi) is 19.9. The van der Waals surface area contributed by atoms with Gasteiger partial charge in [0.25, 0.3) is 0 Å². The largest absolute Gasteiger partial charge is 0.479 e. The average Bonchev–Trinajstić information content (AvgIpc) is 3.28. The van der Waals surface area contributed by atoms with Gasteiger partial charge in [0.2, 0.25) is 0 Å². The van der Waals surface area contributed by atoms with Crippen molar-refractivity contribution in [3.8, 4) is 0 Å². The molecule has 5 saturated heterocycles. The molecule has 25 atom stereocenters. The Balaban J connectivity index is 1.37. The summed E-state index contributed by atoms with van der Waals surface area (Å²) in [5.74, 6) is -6.59. The Morgan fingerprint density at radius 1 is 0.391 bits per heavy atom. The normalized spacial score (nSPS) is 44.9. The van der Waals surface area contributed by atoms with Gasteiger partial charge in [-0.3, -0.25) is 14.4 Å². The summed E-state index contributed by atoms with van der Waals surface area (Å²) < 4.78 is 77.0. The van der Waals surface area contributed by atoms with Gasteiger partial charge in [0.05, 0.1) is 19.8 Å². The Bertz CT molecular complexity index is 1740. The second kappa shape index (κ2) is 24.3. The van der Waals surface area contributed by atoms with E-state index >= 15 is 0 Å². The highest BCUT2D eigenvalue weighted by Gasteiger charge is 2.60. The first kappa shape index (κ1) is 56.4. The van der Waals surface area contributed by atoms with Crippen LogP contribution in [0.25, 0.3) is 0 Å². The van der Waals surface area contributed by atoms with Crippen molar-refractivity contribution in [1.29, 1.82) is 0 Å². The van der Waals surface area contributed by atoms with E-state index in [0.29, 0.717) is 0 Å². The number of rotatable bonds is 18. The average molecular weight is 1010 g/mol. The summed E-state index contributed by atoms with van der Waals surface area (Å²) in [5, 5.41) is 127. The molecule has 0 aliphatic carbocycles. The number of aliphatic hydroxyl groups excluding tert-OH is 10. The van der Waals surface area contributed by atoms with E-state index < -0.39 is 203 Å². The maximum atomic E-state index is 12.8. The fourth-order valence-corrected chi connectivity index (χ4v) is 8.41. The molecule has 0 aromatic heterocycles. The predicted octanol–water partition coefficient (Wildman–Crippen LogP) is -8.72. The number of methoxy groups -OCH3 is 2. The van der Waals surface area contributed by atoms with E-state index in [2.05, 4.69) is 0 Å². The number of hydrogen-bond acceptors (Lipinski definition) is 29. The minimum atomic E-state index is -2.28. The van der Waals surface area contributed by atoms with Gasteiger partial charge in [-0.05, 0) is 0 Å². The van der Waals surface area contributed by atoms with Crippen LogP contribution in [0.5, 0.6) is 0 Å². The summed E-state index contributed by atoms with van der Waals surface area (Å²) >= 11 is 0. The third-order valence-electron chi connectivity index (χ3n) is 11.6. The summed E-state index contributed by atoms with van der Waals surface area (Å²) in [6.07, 6.45) is -48.6. The summed E-state index contributed by atoms with van der Waals surface area (Å²) in [7, 11) is 1.99. The van der Waals surface area contributed by atoms with Crippen LogP contribution < -0.4 is 0 Å². The van der Waals surface area contributed by atoms with Gasteiger partial charge in [-0.2, -0.15) is 0 Å². The van der Waals surface area contributed by atoms with Gasteiger partial charge >= 0.3 is 29.8 Å². The van der Waals surface area contributed by atoms with Crippen molar-refractivity contribution in [1.82, 2.24) is 0 Å². The number of carboxylic acids is 2. The SMILES string of the molecule is CO[C@@H]1[C@@H](OC(C)=O)[C@H](O[C@H]2[C@H](O)[C@@H](O)[C@@H](O[C@H]3[C@H](OC)[C@@H](O)[C@H](O[C@H]4[C@H](O)[C@@H](O)[C@@H](O)O[C@@H]4CO)O[C@H]3C(=O)O)O[C@@H]2CO)O[C@H](C(=O)O)[C@H]1O[C@H]1O[C@H](CO)[C@@H](OC(C)=O)[C@H](OC(C)=O)[C@H]1O. The molecule has 0 spiro atoms. The molecule has 31 heteroatoms. The van der Waals surface area contributed by atoms with Crippen LogP contribution in [0.1, 0.15) is 20.8 Å². The zero-order valence-corrected chi connectivity index (χ0v) is 37.2. The number of carbonyl (C=O) groups is 5. The van der Waals surface area contributed by atoms with Gasteiger partial charge in [-0.25, -0.2) is 9.59 Å². The molecule has 0 radical (unpaired) electrons. The van der Waals surface area contributed by atoms with E-state index in [1.54, 1.807) is 0 Å². The molecule has 31 nitrogen and oxygen atoms in total. The lowest BCUT2D eigenvalue weighted by Crippen LogP contribution is -2.69. The fraction of sp³-hybridized carbons (Fsp3) is 0.868. The highest BCUT2D eigenvalue weighted by molar-refractivity contribution is 5.74. The van der Waals surface area contributed by atoms with Crippen LogP contribution in [0, 0.1) is 0 Å². The zero-order valence-electron chi connectivity index (χ0n) is 37.2. The summed E-state index contributed by atoms with van der Waals surface area (Å²) in [6.45, 7) is -0.0805. The van der Waals surface area contributed by atoms with Crippen molar-refractivity contribution < 1.29 is 152 Å². The maximum absolute atomic E-state index is 12.8. The molecule has 12 N–H and O–H groups in total. The van der Waals surface area contributed by atoms with Crippen molar-refractivity contribution in [3.05, 3.63) is 0 Å². The standard InChI is InChI=1S/C38H58O31/c1-9(42)58-23-14(8-41)63-36(20(50)25(23)59-10(2)43)67-28-26(57-5)31(60-11(3)44)38(69-30(28)33(53)54)65-22-13(7-40)62-35(18(48)16(22)46)66-27-24(56-4)19(49)37(68-29(27)32(51)52)64-21-12(6-39)61-34(55)17(47)15(21)45/h12-31,34-41,45-50,55H,6-8H2,1-5H3,(H,51,52)(H,53,54)/t12-,13-,14-,15-,16-,17-,18-,19-,20-,21-,22-,23-,24-,25-,26+,27+,28+,29-,30+,31-,34+,35-,36-,37-,38-/m1/s1. The molecular weight excluding hydrogens is 952 g/mol. The molecule has 396 valence electrons. The van der Waals surface area contributed by atoms with Gasteiger partial charge < -0.3 is 128 Å². The molecule has 69 heavy (non-hydrogen) atoms. The molecule has 0 aromatic carbocycles. The van der Waals surface area contributed by atoms with E-state index in [1.807, 2.05) is 0 Å². The van der Waals surface area contributed by atoms with Crippen molar-refractivity contribution in [3.63, 3.8) is 0 Å². The maximum Gasteiger partial charge on any atom is 0.335 e. The van der Waals surface area contributed by atoms with Crippen LogP contribution in [-0.2, 0) is 90.3 Å². The number of carbonyl (C=O) groups excluding carboxylic acids is 3. The first-order valence-corrected chi connectivity index (χ1v) is 21.0. The number of hydrogen-bond donors (Lipinski definition) is 12. The number of esters is 3. The van der Waals surface area contributed by atoms with Crippen molar-refractivity contribution >= 4 is 29.8 Å². The summed E-state index contributed by atoms with van der Waals surface area (Å²) in [4.78, 5) is 61.8. The minimum Gasteiger partial charge on any atom is -0.479 e. The number of aliphatic carboxylic acids is 2. The van der Waals surface area contributed by atoms with E-state index in [-0.39, 0.29) is 0 Å². The van der Waals surface area contributed by atoms with Gasteiger partial charge in [-0.15, -0.1) is 0 Å². The lowest BCUT2D eigenvalue weighted by Gasteiger charge is -2.50. The number of carboxylic acid groups (broad SMARTS) is 2.